The third-order valence-electron chi connectivity index (χ3n) is 4.37. The van der Waals surface area contributed by atoms with Crippen molar-refractivity contribution in [1.82, 2.24) is 9.78 Å². The molecule has 3 aliphatic rings. The van der Waals surface area contributed by atoms with Crippen molar-refractivity contribution in [2.24, 2.45) is 5.92 Å². The summed E-state index contributed by atoms with van der Waals surface area (Å²) < 4.78 is 6.80. The van der Waals surface area contributed by atoms with Gasteiger partial charge in [-0.2, -0.15) is 10.4 Å². The first-order valence-electron chi connectivity index (χ1n) is 7.16. The first-order valence-corrected chi connectivity index (χ1v) is 9.13. The summed E-state index contributed by atoms with van der Waals surface area (Å²) in [6.07, 6.45) is 1.16. The largest absolute Gasteiger partial charge is 0.465 e. The van der Waals surface area contributed by atoms with Gasteiger partial charge in [-0.3, -0.25) is 9.48 Å². The van der Waals surface area contributed by atoms with Gasteiger partial charge in [0.1, 0.15) is 16.7 Å². The molecule has 1 aliphatic heterocycles. The predicted octanol–water partition coefficient (Wildman–Crippen LogP) is 2.07. The highest BCUT2D eigenvalue weighted by Crippen LogP contribution is 2.75. The monoisotopic (exact) mass is 321 g/mol. The number of rotatable bonds is 3. The van der Waals surface area contributed by atoms with E-state index in [-0.39, 0.29) is 16.6 Å². The van der Waals surface area contributed by atoms with Crippen LogP contribution in [0.25, 0.3) is 0 Å². The second-order valence-electron chi connectivity index (χ2n) is 5.50. The Balaban J connectivity index is 1.78. The molecule has 1 spiro atoms. The van der Waals surface area contributed by atoms with Crippen molar-refractivity contribution in [2.45, 2.75) is 29.9 Å². The van der Waals surface area contributed by atoms with Crippen LogP contribution in [0.1, 0.15) is 36.2 Å². The van der Waals surface area contributed by atoms with Gasteiger partial charge in [0.25, 0.3) is 0 Å². The Morgan fingerprint density at radius 3 is 3.00 bits per heavy atom. The number of nitriles is 1. The molecule has 1 saturated carbocycles. The molecule has 0 N–H and O–H groups in total. The van der Waals surface area contributed by atoms with E-state index >= 15 is 0 Å². The second kappa shape index (κ2) is 4.68. The van der Waals surface area contributed by atoms with Crippen molar-refractivity contribution in [3.8, 4) is 6.07 Å². The lowest BCUT2D eigenvalue weighted by Gasteiger charge is -2.25. The SMILES string of the molecule is CCOC(=O)Cn1nc(C#N)c2c1C1(SCCS1)[C@@H]1C[C@H]21. The van der Waals surface area contributed by atoms with Crippen LogP contribution in [-0.4, -0.2) is 33.9 Å². The van der Waals surface area contributed by atoms with E-state index in [4.69, 9.17) is 4.74 Å². The molecular weight excluding hydrogens is 306 g/mol. The third kappa shape index (κ3) is 1.78. The summed E-state index contributed by atoms with van der Waals surface area (Å²) in [5.41, 5.74) is 2.72. The zero-order chi connectivity index (χ0) is 14.6. The van der Waals surface area contributed by atoms with Crippen LogP contribution in [0.5, 0.6) is 0 Å². The highest BCUT2D eigenvalue weighted by Gasteiger charge is 2.66. The Labute approximate surface area is 131 Å². The van der Waals surface area contributed by atoms with Crippen LogP contribution in [0.15, 0.2) is 0 Å². The molecule has 0 unspecified atom stereocenters. The Morgan fingerprint density at radius 2 is 2.33 bits per heavy atom. The summed E-state index contributed by atoms with van der Waals surface area (Å²) in [6.45, 7) is 2.28. The molecule has 21 heavy (non-hydrogen) atoms. The lowest BCUT2D eigenvalue weighted by atomic mass is 10.1. The fraction of sp³-hybridized carbons (Fsp3) is 0.643. The van der Waals surface area contributed by atoms with Gasteiger partial charge >= 0.3 is 5.97 Å². The van der Waals surface area contributed by atoms with Crippen molar-refractivity contribution in [2.75, 3.05) is 18.1 Å². The van der Waals surface area contributed by atoms with Gasteiger partial charge in [-0.15, -0.1) is 23.5 Å². The number of nitrogens with zero attached hydrogens (tertiary/aromatic N) is 3. The summed E-state index contributed by atoms with van der Waals surface area (Å²) in [4.78, 5) is 11.8. The summed E-state index contributed by atoms with van der Waals surface area (Å²) >= 11 is 3.93. The quantitative estimate of drug-likeness (QED) is 0.794. The number of carbonyl (C=O) groups is 1. The zero-order valence-electron chi connectivity index (χ0n) is 11.7. The molecule has 110 valence electrons. The number of hydrogen-bond donors (Lipinski definition) is 0. The lowest BCUT2D eigenvalue weighted by Crippen LogP contribution is -2.24. The van der Waals surface area contributed by atoms with Crippen LogP contribution >= 0.6 is 23.5 Å². The van der Waals surface area contributed by atoms with Crippen molar-refractivity contribution >= 4 is 29.5 Å². The maximum atomic E-state index is 11.8. The van der Waals surface area contributed by atoms with Gasteiger partial charge < -0.3 is 4.74 Å². The molecule has 1 aromatic heterocycles. The van der Waals surface area contributed by atoms with Gasteiger partial charge in [-0.25, -0.2) is 0 Å². The molecule has 5 nitrogen and oxygen atoms in total. The van der Waals surface area contributed by atoms with Gasteiger partial charge in [-0.1, -0.05) is 0 Å². The minimum absolute atomic E-state index is 0.0224. The predicted molar refractivity (Wildman–Crippen MR) is 81.0 cm³/mol. The highest BCUT2D eigenvalue weighted by atomic mass is 32.2. The number of ether oxygens (including phenoxy) is 1. The van der Waals surface area contributed by atoms with E-state index in [1.54, 1.807) is 11.6 Å². The number of carbonyl (C=O) groups excluding carboxylic acids is 1. The molecule has 0 radical (unpaired) electrons. The van der Waals surface area contributed by atoms with Crippen LogP contribution in [0.3, 0.4) is 0 Å². The van der Waals surface area contributed by atoms with E-state index in [2.05, 4.69) is 11.2 Å². The number of fused-ring (bicyclic) bond motifs is 5. The van der Waals surface area contributed by atoms with Crippen LogP contribution in [0.4, 0.5) is 0 Å². The van der Waals surface area contributed by atoms with Crippen molar-refractivity contribution in [3.05, 3.63) is 17.0 Å². The number of esters is 1. The van der Waals surface area contributed by atoms with Gasteiger partial charge in [-0.05, 0) is 25.2 Å². The molecule has 1 aromatic rings. The maximum Gasteiger partial charge on any atom is 0.327 e. The Bertz CT molecular complexity index is 658. The Hall–Kier alpha value is -1.13. The van der Waals surface area contributed by atoms with Crippen molar-refractivity contribution in [3.63, 3.8) is 0 Å². The summed E-state index contributed by atoms with van der Waals surface area (Å²) in [5.74, 6) is 3.06. The number of aromatic nitrogens is 2. The summed E-state index contributed by atoms with van der Waals surface area (Å²) in [6, 6.07) is 2.21. The number of thioether (sulfide) groups is 2. The molecular formula is C14H15N3O2S2. The normalized spacial score (nSPS) is 27.2. The maximum absolute atomic E-state index is 11.8. The molecule has 2 heterocycles. The van der Waals surface area contributed by atoms with E-state index < -0.39 is 0 Å². The Morgan fingerprint density at radius 1 is 1.57 bits per heavy atom. The minimum atomic E-state index is -0.281. The van der Waals surface area contributed by atoms with Crippen LogP contribution in [-0.2, 0) is 20.2 Å². The number of hydrogen-bond acceptors (Lipinski definition) is 6. The van der Waals surface area contributed by atoms with Crippen LogP contribution in [0.2, 0.25) is 0 Å². The van der Waals surface area contributed by atoms with Crippen LogP contribution < -0.4 is 0 Å². The summed E-state index contributed by atoms with van der Waals surface area (Å²) in [5, 5.41) is 13.8. The molecule has 2 atom stereocenters. The third-order valence-corrected chi connectivity index (χ3v) is 8.01. The molecule has 2 fully saturated rings. The fourth-order valence-electron chi connectivity index (χ4n) is 3.61. The van der Waals surface area contributed by atoms with Crippen LogP contribution in [0, 0.1) is 17.2 Å². The van der Waals surface area contributed by atoms with E-state index in [1.165, 1.54) is 0 Å². The average Bonchev–Trinajstić information content (AvgIpc) is 2.87. The van der Waals surface area contributed by atoms with Crippen molar-refractivity contribution in [1.29, 1.82) is 5.26 Å². The molecule has 7 heteroatoms. The van der Waals surface area contributed by atoms with Gasteiger partial charge in [0.2, 0.25) is 0 Å². The van der Waals surface area contributed by atoms with Gasteiger partial charge in [0.15, 0.2) is 5.69 Å². The molecule has 4 rings (SSSR count). The molecule has 0 amide bonds. The molecule has 2 aliphatic carbocycles. The smallest absolute Gasteiger partial charge is 0.327 e. The van der Waals surface area contributed by atoms with E-state index in [9.17, 15) is 10.1 Å². The lowest BCUT2D eigenvalue weighted by molar-refractivity contribution is -0.144. The first-order chi connectivity index (χ1) is 10.2. The topological polar surface area (TPSA) is 67.9 Å². The highest BCUT2D eigenvalue weighted by molar-refractivity contribution is 8.20. The summed E-state index contributed by atoms with van der Waals surface area (Å²) in [7, 11) is 0. The molecule has 1 saturated heterocycles. The fourth-order valence-corrected chi connectivity index (χ4v) is 7.37. The first kappa shape index (κ1) is 13.5. The van der Waals surface area contributed by atoms with Crippen molar-refractivity contribution < 1.29 is 9.53 Å². The van der Waals surface area contributed by atoms with Gasteiger partial charge in [0, 0.05) is 17.1 Å². The second-order valence-corrected chi connectivity index (χ2v) is 8.44. The molecule has 0 aromatic carbocycles. The van der Waals surface area contributed by atoms with E-state index in [1.807, 2.05) is 23.5 Å². The van der Waals surface area contributed by atoms with Gasteiger partial charge in [0.05, 0.1) is 12.3 Å². The zero-order valence-corrected chi connectivity index (χ0v) is 13.3. The Kier molecular flexibility index (Phi) is 3.02. The average molecular weight is 321 g/mol. The molecule has 0 bridgehead atoms. The standard InChI is InChI=1S/C14H15N3O2S2/c1-2-19-11(18)7-17-13-12(10(6-15)16-17)8-5-9(8)14(13)20-3-4-21-14/h8-9H,2-5,7H2,1H3/t8-,9+/m0/s1. The van der Waals surface area contributed by atoms with E-state index in [0.29, 0.717) is 24.1 Å². The van der Waals surface area contributed by atoms with E-state index in [0.717, 1.165) is 29.2 Å². The minimum Gasteiger partial charge on any atom is -0.465 e.